The normalized spacial score (nSPS) is 15.3. The smallest absolute Gasteiger partial charge is 0.0753 e. The average Bonchev–Trinajstić information content (AvgIpc) is 2.67. The molecule has 0 aromatic heterocycles. The van der Waals surface area contributed by atoms with Crippen molar-refractivity contribution in [3.8, 4) is 0 Å². The Labute approximate surface area is 168 Å². The van der Waals surface area contributed by atoms with Crippen LogP contribution in [0.25, 0.3) is 0 Å². The van der Waals surface area contributed by atoms with E-state index in [0.717, 1.165) is 50.8 Å². The Bertz CT molecular complexity index is 319. The van der Waals surface area contributed by atoms with Gasteiger partial charge in [-0.05, 0) is 25.8 Å². The van der Waals surface area contributed by atoms with E-state index < -0.39 is 0 Å². The number of nitrogens with zero attached hydrogens (tertiary/aromatic N) is 1. The second-order valence-electron chi connectivity index (χ2n) is 7.80. The highest BCUT2D eigenvalue weighted by molar-refractivity contribution is 7.80. The van der Waals surface area contributed by atoms with Gasteiger partial charge >= 0.3 is 0 Å². The lowest BCUT2D eigenvalue weighted by Gasteiger charge is -2.26. The molecule has 1 N–H and O–H groups in total. The lowest BCUT2D eigenvalue weighted by Crippen LogP contribution is -2.38. The molecule has 154 valence electrons. The van der Waals surface area contributed by atoms with Crippen molar-refractivity contribution in [2.75, 3.05) is 39.4 Å². The number of nitrogens with one attached hydrogen (secondary N) is 1. The minimum absolute atomic E-state index is 0.894. The summed E-state index contributed by atoms with van der Waals surface area (Å²) < 4.78 is 5.38. The van der Waals surface area contributed by atoms with Gasteiger partial charge in [0.25, 0.3) is 0 Å². The summed E-state index contributed by atoms with van der Waals surface area (Å²) in [6.45, 7) is 8.43. The monoisotopic (exact) mass is 384 g/mol. The maximum Gasteiger partial charge on any atom is 0.0753 e. The van der Waals surface area contributed by atoms with Crippen molar-refractivity contribution in [2.24, 2.45) is 0 Å². The highest BCUT2D eigenvalue weighted by Gasteiger charge is 2.09. The van der Waals surface area contributed by atoms with Gasteiger partial charge in [0, 0.05) is 19.6 Å². The van der Waals surface area contributed by atoms with Crippen LogP contribution in [-0.2, 0) is 4.74 Å². The highest BCUT2D eigenvalue weighted by Crippen LogP contribution is 2.12. The van der Waals surface area contributed by atoms with E-state index in [4.69, 9.17) is 17.0 Å². The molecule has 1 heterocycles. The molecule has 0 atom stereocenters. The molecule has 1 rings (SSSR count). The number of ether oxygens (including phenoxy) is 1. The van der Waals surface area contributed by atoms with Crippen LogP contribution in [0.15, 0.2) is 0 Å². The van der Waals surface area contributed by atoms with E-state index in [1.54, 1.807) is 0 Å². The Hall–Kier alpha value is -0.190. The van der Waals surface area contributed by atoms with Crippen molar-refractivity contribution in [2.45, 2.75) is 96.8 Å². The number of morpholine rings is 1. The van der Waals surface area contributed by atoms with Crippen LogP contribution in [0.3, 0.4) is 0 Å². The molecule has 3 nitrogen and oxygen atoms in total. The van der Waals surface area contributed by atoms with Crippen molar-refractivity contribution >= 4 is 17.2 Å². The number of hydrogen-bond acceptors (Lipinski definition) is 3. The van der Waals surface area contributed by atoms with E-state index in [1.165, 1.54) is 83.5 Å². The minimum atomic E-state index is 0.894. The third kappa shape index (κ3) is 14.9. The SMILES string of the molecule is CCCCCCCCCCCCCCC(=S)NCCCN1CCOCC1. The summed E-state index contributed by atoms with van der Waals surface area (Å²) in [5.41, 5.74) is 0. The summed E-state index contributed by atoms with van der Waals surface area (Å²) in [5.74, 6) is 0. The van der Waals surface area contributed by atoms with Gasteiger partial charge < -0.3 is 10.1 Å². The van der Waals surface area contributed by atoms with Gasteiger partial charge in [-0.15, -0.1) is 0 Å². The van der Waals surface area contributed by atoms with Crippen molar-refractivity contribution < 1.29 is 4.74 Å². The summed E-state index contributed by atoms with van der Waals surface area (Å²) in [7, 11) is 0. The van der Waals surface area contributed by atoms with E-state index in [2.05, 4.69) is 17.1 Å². The third-order valence-corrected chi connectivity index (χ3v) is 5.68. The predicted octanol–water partition coefficient (Wildman–Crippen LogP) is 5.72. The van der Waals surface area contributed by atoms with Crippen LogP contribution in [0.5, 0.6) is 0 Å². The average molecular weight is 385 g/mol. The van der Waals surface area contributed by atoms with Crippen molar-refractivity contribution in [3.05, 3.63) is 0 Å². The Morgan fingerprint density at radius 3 is 1.92 bits per heavy atom. The zero-order valence-corrected chi connectivity index (χ0v) is 18.2. The van der Waals surface area contributed by atoms with E-state index >= 15 is 0 Å². The van der Waals surface area contributed by atoms with Crippen LogP contribution in [-0.4, -0.2) is 49.3 Å². The van der Waals surface area contributed by atoms with Crippen LogP contribution in [0, 0.1) is 0 Å². The van der Waals surface area contributed by atoms with Crippen LogP contribution >= 0.6 is 12.2 Å². The Balaban J connectivity index is 1.75. The largest absolute Gasteiger partial charge is 0.380 e. The molecule has 26 heavy (non-hydrogen) atoms. The van der Waals surface area contributed by atoms with E-state index in [-0.39, 0.29) is 0 Å². The van der Waals surface area contributed by atoms with Gasteiger partial charge in [-0.2, -0.15) is 0 Å². The molecule has 0 aromatic carbocycles. The molecular weight excluding hydrogens is 340 g/mol. The molecule has 0 saturated carbocycles. The molecule has 1 fully saturated rings. The summed E-state index contributed by atoms with van der Waals surface area (Å²) in [6, 6.07) is 0. The predicted molar refractivity (Wildman–Crippen MR) is 118 cm³/mol. The Kier molecular flexibility index (Phi) is 16.7. The first kappa shape index (κ1) is 23.8. The topological polar surface area (TPSA) is 24.5 Å². The van der Waals surface area contributed by atoms with Gasteiger partial charge in [-0.25, -0.2) is 0 Å². The molecule has 1 aliphatic rings. The molecule has 0 spiro atoms. The Morgan fingerprint density at radius 2 is 1.35 bits per heavy atom. The highest BCUT2D eigenvalue weighted by atomic mass is 32.1. The lowest BCUT2D eigenvalue weighted by atomic mass is 10.0. The molecule has 0 aromatic rings. The summed E-state index contributed by atoms with van der Waals surface area (Å²) in [5, 5.41) is 3.44. The molecule has 1 aliphatic heterocycles. The van der Waals surface area contributed by atoms with Crippen LogP contribution in [0.2, 0.25) is 0 Å². The summed E-state index contributed by atoms with van der Waals surface area (Å²) in [6.07, 6.45) is 19.1. The molecule has 0 aliphatic carbocycles. The van der Waals surface area contributed by atoms with Gasteiger partial charge in [0.1, 0.15) is 0 Å². The first-order valence-corrected chi connectivity index (χ1v) is 11.8. The molecule has 0 amide bonds. The molecule has 1 saturated heterocycles. The molecular formula is C22H44N2OS. The molecule has 0 bridgehead atoms. The minimum Gasteiger partial charge on any atom is -0.380 e. The van der Waals surface area contributed by atoms with Gasteiger partial charge in [0.05, 0.1) is 18.2 Å². The van der Waals surface area contributed by atoms with Gasteiger partial charge in [0.2, 0.25) is 0 Å². The number of unbranched alkanes of at least 4 members (excludes halogenated alkanes) is 11. The number of thiocarbonyl (C=S) groups is 1. The first-order valence-electron chi connectivity index (χ1n) is 11.4. The van der Waals surface area contributed by atoms with Gasteiger partial charge in [0.15, 0.2) is 0 Å². The van der Waals surface area contributed by atoms with Crippen molar-refractivity contribution in [1.29, 1.82) is 0 Å². The number of hydrogen-bond donors (Lipinski definition) is 1. The zero-order chi connectivity index (χ0) is 18.7. The Morgan fingerprint density at radius 1 is 0.808 bits per heavy atom. The first-order chi connectivity index (χ1) is 12.8. The third-order valence-electron chi connectivity index (χ3n) is 5.33. The second kappa shape index (κ2) is 18.2. The zero-order valence-electron chi connectivity index (χ0n) is 17.4. The van der Waals surface area contributed by atoms with Gasteiger partial charge in [-0.3, -0.25) is 4.90 Å². The number of rotatable bonds is 17. The summed E-state index contributed by atoms with van der Waals surface area (Å²) in [4.78, 5) is 3.55. The van der Waals surface area contributed by atoms with E-state index in [9.17, 15) is 0 Å². The quantitative estimate of drug-likeness (QED) is 0.256. The van der Waals surface area contributed by atoms with Crippen LogP contribution in [0.4, 0.5) is 0 Å². The standard InChI is InChI=1S/C22H44N2OS/c1-2-3-4-5-6-7-8-9-10-11-12-13-15-22(26)23-16-14-17-24-18-20-25-21-19-24/h2-21H2,1H3,(H,23,26). The summed E-state index contributed by atoms with van der Waals surface area (Å²) >= 11 is 5.46. The second-order valence-corrected chi connectivity index (χ2v) is 8.29. The van der Waals surface area contributed by atoms with E-state index in [1.807, 2.05) is 0 Å². The maximum absolute atomic E-state index is 5.46. The van der Waals surface area contributed by atoms with Crippen molar-refractivity contribution in [1.82, 2.24) is 10.2 Å². The van der Waals surface area contributed by atoms with Crippen molar-refractivity contribution in [3.63, 3.8) is 0 Å². The van der Waals surface area contributed by atoms with Crippen LogP contribution < -0.4 is 5.32 Å². The lowest BCUT2D eigenvalue weighted by molar-refractivity contribution is 0.0376. The fourth-order valence-corrected chi connectivity index (χ4v) is 3.82. The van der Waals surface area contributed by atoms with E-state index in [0.29, 0.717) is 0 Å². The molecule has 0 unspecified atom stereocenters. The maximum atomic E-state index is 5.46. The molecule has 0 radical (unpaired) electrons. The fourth-order valence-electron chi connectivity index (χ4n) is 3.57. The molecule has 4 heteroatoms. The van der Waals surface area contributed by atoms with Crippen LogP contribution in [0.1, 0.15) is 96.8 Å². The van der Waals surface area contributed by atoms with Gasteiger partial charge in [-0.1, -0.05) is 89.8 Å². The fraction of sp³-hybridized carbons (Fsp3) is 0.955.